The first kappa shape index (κ1) is 14.8. The number of hydrogen-bond donors (Lipinski definition) is 3. The predicted octanol–water partition coefficient (Wildman–Crippen LogP) is 1.83. The summed E-state index contributed by atoms with van der Waals surface area (Å²) in [4.78, 5) is 0. The van der Waals surface area contributed by atoms with Crippen molar-refractivity contribution in [3.05, 3.63) is 47.0 Å². The molecule has 1 aromatic heterocycles. The molecule has 0 saturated carbocycles. The van der Waals surface area contributed by atoms with Crippen molar-refractivity contribution in [1.82, 2.24) is 9.78 Å². The summed E-state index contributed by atoms with van der Waals surface area (Å²) in [5.41, 5.74) is 8.54. The molecule has 0 atom stereocenters. The monoisotopic (exact) mass is 291 g/mol. The van der Waals surface area contributed by atoms with Gasteiger partial charge in [-0.2, -0.15) is 5.10 Å². The van der Waals surface area contributed by atoms with Crippen molar-refractivity contribution >= 4 is 11.5 Å². The largest absolute Gasteiger partial charge is 0.409 e. The van der Waals surface area contributed by atoms with Crippen molar-refractivity contribution < 1.29 is 9.60 Å². The SMILES string of the molecule is CCc1nn(C)cc1NCc1ccc(F)cc1/C(N)=N/O. The Kier molecular flexibility index (Phi) is 4.42. The second-order valence-electron chi connectivity index (χ2n) is 4.66. The van der Waals surface area contributed by atoms with Crippen LogP contribution in [0, 0.1) is 5.82 Å². The molecule has 0 fully saturated rings. The van der Waals surface area contributed by atoms with Crippen LogP contribution in [-0.4, -0.2) is 20.8 Å². The van der Waals surface area contributed by atoms with E-state index in [2.05, 4.69) is 15.6 Å². The van der Waals surface area contributed by atoms with Crippen LogP contribution in [0.25, 0.3) is 0 Å². The molecule has 21 heavy (non-hydrogen) atoms. The van der Waals surface area contributed by atoms with Gasteiger partial charge in [0.05, 0.1) is 11.4 Å². The molecule has 0 spiro atoms. The maximum Gasteiger partial charge on any atom is 0.170 e. The second kappa shape index (κ2) is 6.25. The Bertz CT molecular complexity index is 665. The molecule has 112 valence electrons. The molecule has 2 rings (SSSR count). The quantitative estimate of drug-likeness (QED) is 0.339. The second-order valence-corrected chi connectivity index (χ2v) is 4.66. The summed E-state index contributed by atoms with van der Waals surface area (Å²) in [6.45, 7) is 2.44. The molecular formula is C14H18FN5O. The summed E-state index contributed by atoms with van der Waals surface area (Å²) in [5, 5.41) is 19.3. The third kappa shape index (κ3) is 3.31. The van der Waals surface area contributed by atoms with E-state index in [9.17, 15) is 4.39 Å². The smallest absolute Gasteiger partial charge is 0.170 e. The van der Waals surface area contributed by atoms with Gasteiger partial charge >= 0.3 is 0 Å². The third-order valence-corrected chi connectivity index (χ3v) is 3.17. The van der Waals surface area contributed by atoms with E-state index in [1.807, 2.05) is 20.2 Å². The predicted molar refractivity (Wildman–Crippen MR) is 78.8 cm³/mol. The van der Waals surface area contributed by atoms with E-state index in [0.29, 0.717) is 12.1 Å². The van der Waals surface area contributed by atoms with E-state index in [0.717, 1.165) is 23.4 Å². The number of anilines is 1. The van der Waals surface area contributed by atoms with E-state index < -0.39 is 5.82 Å². The number of aryl methyl sites for hydroxylation is 2. The highest BCUT2D eigenvalue weighted by Crippen LogP contribution is 2.17. The lowest BCUT2D eigenvalue weighted by Crippen LogP contribution is -2.17. The van der Waals surface area contributed by atoms with Gasteiger partial charge in [-0.15, -0.1) is 0 Å². The summed E-state index contributed by atoms with van der Waals surface area (Å²) in [5.74, 6) is -0.552. The molecule has 0 bridgehead atoms. The van der Waals surface area contributed by atoms with E-state index in [1.165, 1.54) is 12.1 Å². The van der Waals surface area contributed by atoms with Gasteiger partial charge in [0.1, 0.15) is 5.82 Å². The number of nitrogens with zero attached hydrogens (tertiary/aromatic N) is 3. The number of oxime groups is 1. The van der Waals surface area contributed by atoms with Gasteiger partial charge in [-0.1, -0.05) is 18.1 Å². The minimum Gasteiger partial charge on any atom is -0.409 e. The van der Waals surface area contributed by atoms with Gasteiger partial charge in [-0.05, 0) is 24.1 Å². The zero-order chi connectivity index (χ0) is 15.4. The van der Waals surface area contributed by atoms with Crippen molar-refractivity contribution in [2.75, 3.05) is 5.32 Å². The van der Waals surface area contributed by atoms with E-state index >= 15 is 0 Å². The molecule has 0 radical (unpaired) electrons. The minimum atomic E-state index is -0.434. The van der Waals surface area contributed by atoms with Crippen molar-refractivity contribution in [3.63, 3.8) is 0 Å². The van der Waals surface area contributed by atoms with Crippen LogP contribution in [0.5, 0.6) is 0 Å². The van der Waals surface area contributed by atoms with Crippen LogP contribution in [0.15, 0.2) is 29.6 Å². The van der Waals surface area contributed by atoms with Crippen molar-refractivity contribution in [3.8, 4) is 0 Å². The van der Waals surface area contributed by atoms with Gasteiger partial charge in [0, 0.05) is 25.4 Å². The van der Waals surface area contributed by atoms with Crippen LogP contribution in [0.2, 0.25) is 0 Å². The lowest BCUT2D eigenvalue weighted by Gasteiger charge is -2.10. The van der Waals surface area contributed by atoms with Gasteiger partial charge in [0.15, 0.2) is 5.84 Å². The van der Waals surface area contributed by atoms with Crippen molar-refractivity contribution in [2.45, 2.75) is 19.9 Å². The average Bonchev–Trinajstić information content (AvgIpc) is 2.85. The number of nitrogens with two attached hydrogens (primary N) is 1. The highest BCUT2D eigenvalue weighted by atomic mass is 19.1. The minimum absolute atomic E-state index is 0.117. The van der Waals surface area contributed by atoms with Gasteiger partial charge in [-0.25, -0.2) is 4.39 Å². The molecule has 0 unspecified atom stereocenters. The maximum atomic E-state index is 13.3. The first-order valence-corrected chi connectivity index (χ1v) is 6.57. The molecule has 4 N–H and O–H groups in total. The van der Waals surface area contributed by atoms with Crippen LogP contribution in [-0.2, 0) is 20.0 Å². The summed E-state index contributed by atoms with van der Waals surface area (Å²) < 4.78 is 15.0. The first-order chi connectivity index (χ1) is 10.0. The van der Waals surface area contributed by atoms with Gasteiger partial charge in [-0.3, -0.25) is 4.68 Å². The molecular weight excluding hydrogens is 273 g/mol. The van der Waals surface area contributed by atoms with E-state index in [4.69, 9.17) is 10.9 Å². The Morgan fingerprint density at radius 2 is 2.29 bits per heavy atom. The van der Waals surface area contributed by atoms with E-state index in [-0.39, 0.29) is 5.84 Å². The van der Waals surface area contributed by atoms with Crippen LogP contribution in [0.4, 0.5) is 10.1 Å². The van der Waals surface area contributed by atoms with Crippen LogP contribution >= 0.6 is 0 Å². The molecule has 2 aromatic rings. The Morgan fingerprint density at radius 3 is 2.95 bits per heavy atom. The molecule has 6 nitrogen and oxygen atoms in total. The fourth-order valence-electron chi connectivity index (χ4n) is 2.13. The average molecular weight is 291 g/mol. The molecule has 1 heterocycles. The number of aromatic nitrogens is 2. The number of rotatable bonds is 5. The number of hydrogen-bond acceptors (Lipinski definition) is 4. The Hall–Kier alpha value is -2.57. The topological polar surface area (TPSA) is 88.5 Å². The van der Waals surface area contributed by atoms with Gasteiger partial charge < -0.3 is 16.3 Å². The lowest BCUT2D eigenvalue weighted by molar-refractivity contribution is 0.318. The zero-order valence-corrected chi connectivity index (χ0v) is 12.0. The van der Waals surface area contributed by atoms with Crippen LogP contribution in [0.3, 0.4) is 0 Å². The molecule has 0 aliphatic heterocycles. The number of halogens is 1. The Morgan fingerprint density at radius 1 is 1.52 bits per heavy atom. The standard InChI is InChI=1S/C14H18FN5O/c1-3-12-13(8-20(2)18-12)17-7-9-4-5-10(15)6-11(9)14(16)19-21/h4-6,8,17,21H,3,7H2,1-2H3,(H2,16,19). The molecule has 7 heteroatoms. The fraction of sp³-hybridized carbons (Fsp3) is 0.286. The molecule has 0 aliphatic carbocycles. The normalized spacial score (nSPS) is 11.7. The first-order valence-electron chi connectivity index (χ1n) is 6.57. The molecule has 1 aromatic carbocycles. The van der Waals surface area contributed by atoms with Crippen molar-refractivity contribution in [2.24, 2.45) is 17.9 Å². The fourth-order valence-corrected chi connectivity index (χ4v) is 2.13. The molecule has 0 amide bonds. The molecule has 0 aliphatic rings. The summed E-state index contributed by atoms with van der Waals surface area (Å²) in [6, 6.07) is 4.20. The van der Waals surface area contributed by atoms with E-state index in [1.54, 1.807) is 10.7 Å². The van der Waals surface area contributed by atoms with Gasteiger partial charge in [0.25, 0.3) is 0 Å². The maximum absolute atomic E-state index is 13.3. The summed E-state index contributed by atoms with van der Waals surface area (Å²) >= 11 is 0. The number of benzene rings is 1. The molecule has 0 saturated heterocycles. The number of amidine groups is 1. The Labute approximate surface area is 122 Å². The lowest BCUT2D eigenvalue weighted by atomic mass is 10.1. The Balaban J connectivity index is 2.23. The van der Waals surface area contributed by atoms with Crippen molar-refractivity contribution in [1.29, 1.82) is 0 Å². The number of nitrogens with one attached hydrogen (secondary N) is 1. The van der Waals surface area contributed by atoms with Crippen LogP contribution in [0.1, 0.15) is 23.7 Å². The van der Waals surface area contributed by atoms with Crippen LogP contribution < -0.4 is 11.1 Å². The summed E-state index contributed by atoms with van der Waals surface area (Å²) in [6.07, 6.45) is 2.69. The third-order valence-electron chi connectivity index (χ3n) is 3.17. The zero-order valence-electron chi connectivity index (χ0n) is 12.0. The highest BCUT2D eigenvalue weighted by Gasteiger charge is 2.10. The van der Waals surface area contributed by atoms with Gasteiger partial charge in [0.2, 0.25) is 0 Å². The highest BCUT2D eigenvalue weighted by molar-refractivity contribution is 5.98. The summed E-state index contributed by atoms with van der Waals surface area (Å²) in [7, 11) is 1.85.